The van der Waals surface area contributed by atoms with Gasteiger partial charge in [0, 0.05) is 74.4 Å². The molecular formula is C39H47N9O2S. The van der Waals surface area contributed by atoms with Crippen molar-refractivity contribution >= 4 is 51.9 Å². The first kappa shape index (κ1) is 35.9. The molecule has 2 aromatic heterocycles. The first-order valence-corrected chi connectivity index (χ1v) is 18.4. The standard InChI is InChI=1S/C39H47N9O2S/c1-26(2)50-36-14-11-32(22-41-36)37-34-21-33(12-13-35(34)44-45-37)43-38(49)39(51-6)17-20-47(24-39)23-27(3)48-18-15-31(16-19-48)30-9-7-29(8-10-30)28(4)42-25-46(5)40/h7-15,21-22,25-26H,3-4,16-20,23-24,40H2,1-2,5-6H3,(H,43,49)(H,44,45)/t39-/m0/s1. The van der Waals surface area contributed by atoms with Gasteiger partial charge in [0.2, 0.25) is 11.8 Å². The second-order valence-electron chi connectivity index (χ2n) is 13.4. The van der Waals surface area contributed by atoms with Crippen LogP contribution in [0.1, 0.15) is 37.8 Å². The fraction of sp³-hybridized carbons (Fsp3) is 0.333. The normalized spacial score (nSPS) is 18.0. The molecule has 51 heavy (non-hydrogen) atoms. The second-order valence-corrected chi connectivity index (χ2v) is 14.6. The number of aromatic amines is 1. The first-order chi connectivity index (χ1) is 24.5. The van der Waals surface area contributed by atoms with Crippen LogP contribution in [0.25, 0.3) is 33.4 Å². The minimum atomic E-state index is -0.553. The van der Waals surface area contributed by atoms with Gasteiger partial charge in [-0.1, -0.05) is 43.5 Å². The summed E-state index contributed by atoms with van der Waals surface area (Å²) in [6.45, 7) is 16.4. The zero-order chi connectivity index (χ0) is 36.1. The Labute approximate surface area is 304 Å². The Kier molecular flexibility index (Phi) is 10.9. The fourth-order valence-corrected chi connectivity index (χ4v) is 7.36. The number of aromatic nitrogens is 3. The highest BCUT2D eigenvalue weighted by molar-refractivity contribution is 8.00. The maximum absolute atomic E-state index is 13.9. The number of benzene rings is 2. The summed E-state index contributed by atoms with van der Waals surface area (Å²) in [4.78, 5) is 27.3. The van der Waals surface area contributed by atoms with Crippen LogP contribution in [0, 0.1) is 0 Å². The molecule has 1 saturated heterocycles. The van der Waals surface area contributed by atoms with Crippen LogP contribution in [0.3, 0.4) is 0 Å². The summed E-state index contributed by atoms with van der Waals surface area (Å²) in [6, 6.07) is 18.0. The molecule has 266 valence electrons. The number of likely N-dealkylation sites (tertiary alicyclic amines) is 1. The van der Waals surface area contributed by atoms with Gasteiger partial charge >= 0.3 is 0 Å². The van der Waals surface area contributed by atoms with E-state index in [1.165, 1.54) is 16.1 Å². The molecule has 12 heteroatoms. The number of hydrazine groups is 1. The van der Waals surface area contributed by atoms with Crippen molar-refractivity contribution in [2.24, 2.45) is 10.8 Å². The average molecular weight is 706 g/mol. The van der Waals surface area contributed by atoms with Gasteiger partial charge in [-0.15, -0.1) is 11.8 Å². The van der Waals surface area contributed by atoms with Crippen LogP contribution in [0.5, 0.6) is 5.88 Å². The van der Waals surface area contributed by atoms with E-state index in [4.69, 9.17) is 10.6 Å². The number of H-pyrrole nitrogens is 1. The number of amides is 1. The van der Waals surface area contributed by atoms with Crippen molar-refractivity contribution in [2.45, 2.75) is 37.5 Å². The maximum Gasteiger partial charge on any atom is 0.241 e. The van der Waals surface area contributed by atoms with Crippen LogP contribution in [0.2, 0.25) is 0 Å². The van der Waals surface area contributed by atoms with Gasteiger partial charge < -0.3 is 20.0 Å². The number of nitrogens with one attached hydrogen (secondary N) is 2. The molecular weight excluding hydrogens is 659 g/mol. The van der Waals surface area contributed by atoms with Gasteiger partial charge in [0.05, 0.1) is 17.3 Å². The highest BCUT2D eigenvalue weighted by Gasteiger charge is 2.44. The Balaban J connectivity index is 1.04. The molecule has 0 radical (unpaired) electrons. The number of pyridine rings is 1. The number of hydrogen-bond donors (Lipinski definition) is 3. The molecule has 2 aliphatic heterocycles. The smallest absolute Gasteiger partial charge is 0.241 e. The Morgan fingerprint density at radius 3 is 2.63 bits per heavy atom. The summed E-state index contributed by atoms with van der Waals surface area (Å²) in [7, 11) is 1.72. The van der Waals surface area contributed by atoms with E-state index in [0.29, 0.717) is 18.1 Å². The Morgan fingerprint density at radius 2 is 1.96 bits per heavy atom. The van der Waals surface area contributed by atoms with Crippen LogP contribution in [-0.2, 0) is 4.79 Å². The lowest BCUT2D eigenvalue weighted by atomic mass is 9.98. The lowest BCUT2D eigenvalue weighted by Gasteiger charge is -2.33. The molecule has 0 unspecified atom stereocenters. The van der Waals surface area contributed by atoms with Crippen molar-refractivity contribution in [3.63, 3.8) is 0 Å². The van der Waals surface area contributed by atoms with Crippen LogP contribution in [-0.4, -0.2) is 99.1 Å². The predicted molar refractivity (Wildman–Crippen MR) is 210 cm³/mol. The van der Waals surface area contributed by atoms with E-state index in [1.54, 1.807) is 31.3 Å². The number of ether oxygens (including phenoxy) is 1. The van der Waals surface area contributed by atoms with Gasteiger partial charge in [-0.2, -0.15) is 5.10 Å². The highest BCUT2D eigenvalue weighted by Crippen LogP contribution is 2.37. The van der Waals surface area contributed by atoms with Gasteiger partial charge in [-0.25, -0.2) is 15.8 Å². The minimum absolute atomic E-state index is 0.0167. The average Bonchev–Trinajstić information content (AvgIpc) is 3.75. The first-order valence-electron chi connectivity index (χ1n) is 17.2. The molecule has 0 aliphatic carbocycles. The van der Waals surface area contributed by atoms with Crippen LogP contribution in [0.15, 0.2) is 90.7 Å². The van der Waals surface area contributed by atoms with E-state index < -0.39 is 4.75 Å². The molecule has 0 bridgehead atoms. The number of anilines is 1. The molecule has 6 rings (SSSR count). The Hall–Kier alpha value is -4.91. The lowest BCUT2D eigenvalue weighted by Crippen LogP contribution is -2.43. The van der Waals surface area contributed by atoms with E-state index in [0.717, 1.165) is 78.1 Å². The molecule has 1 atom stereocenters. The Morgan fingerprint density at radius 1 is 1.18 bits per heavy atom. The molecule has 0 saturated carbocycles. The number of rotatable bonds is 13. The summed E-state index contributed by atoms with van der Waals surface area (Å²) in [5.74, 6) is 6.20. The second kappa shape index (κ2) is 15.5. The SMILES string of the molecule is C=C(N=CN(C)N)c1ccc(C2=CCN(C(=C)CN3CC[C@@](SC)(C(=O)Nc4ccc5[nH]nc(-c6ccc(OC(C)C)nc6)c5c4)C3)CC2)cc1. The largest absolute Gasteiger partial charge is 0.475 e. The number of carbonyl (C=O) groups excluding carboxylic acids is 1. The highest BCUT2D eigenvalue weighted by atomic mass is 32.2. The number of fused-ring (bicyclic) bond motifs is 1. The molecule has 2 aliphatic rings. The van der Waals surface area contributed by atoms with Crippen molar-refractivity contribution < 1.29 is 9.53 Å². The van der Waals surface area contributed by atoms with Gasteiger partial charge in [0.1, 0.15) is 16.8 Å². The maximum atomic E-state index is 13.9. The number of carbonyl (C=O) groups is 1. The third-order valence-corrected chi connectivity index (χ3v) is 10.6. The minimum Gasteiger partial charge on any atom is -0.475 e. The van der Waals surface area contributed by atoms with E-state index in [-0.39, 0.29) is 12.0 Å². The van der Waals surface area contributed by atoms with Gasteiger partial charge in [-0.3, -0.25) is 14.8 Å². The molecule has 0 spiro atoms. The molecule has 11 nitrogen and oxygen atoms in total. The summed E-state index contributed by atoms with van der Waals surface area (Å²) >= 11 is 1.62. The number of aliphatic imine (C=N–C) groups is 1. The molecule has 4 aromatic rings. The number of nitrogens with two attached hydrogens (primary N) is 1. The van der Waals surface area contributed by atoms with E-state index in [9.17, 15) is 4.79 Å². The topological polar surface area (TPSA) is 128 Å². The van der Waals surface area contributed by atoms with E-state index in [2.05, 4.69) is 66.7 Å². The summed E-state index contributed by atoms with van der Waals surface area (Å²) in [6.07, 6.45) is 9.37. The zero-order valence-corrected chi connectivity index (χ0v) is 30.7. The van der Waals surface area contributed by atoms with Crippen LogP contribution in [0.4, 0.5) is 5.69 Å². The fourth-order valence-electron chi connectivity index (χ4n) is 6.51. The lowest BCUT2D eigenvalue weighted by molar-refractivity contribution is -0.118. The summed E-state index contributed by atoms with van der Waals surface area (Å²) < 4.78 is 5.14. The van der Waals surface area contributed by atoms with Gasteiger partial charge in [0.25, 0.3) is 0 Å². The van der Waals surface area contributed by atoms with E-state index in [1.807, 2.05) is 62.6 Å². The van der Waals surface area contributed by atoms with E-state index >= 15 is 0 Å². The third-order valence-electron chi connectivity index (χ3n) is 9.35. The molecule has 2 aromatic carbocycles. The Bertz CT molecular complexity index is 1950. The third kappa shape index (κ3) is 8.36. The van der Waals surface area contributed by atoms with Crippen molar-refractivity contribution in [3.05, 3.63) is 96.9 Å². The van der Waals surface area contributed by atoms with Crippen molar-refractivity contribution in [2.75, 3.05) is 51.3 Å². The molecule has 4 N–H and O–H groups in total. The zero-order valence-electron chi connectivity index (χ0n) is 29.9. The molecule has 1 amide bonds. The van der Waals surface area contributed by atoms with Crippen LogP contribution >= 0.6 is 11.8 Å². The number of nitrogens with zero attached hydrogens (tertiary/aromatic N) is 6. The van der Waals surface area contributed by atoms with Gasteiger partial charge in [0.15, 0.2) is 0 Å². The summed E-state index contributed by atoms with van der Waals surface area (Å²) in [5, 5.41) is 13.2. The van der Waals surface area contributed by atoms with Crippen molar-refractivity contribution in [3.8, 4) is 17.1 Å². The molecule has 1 fully saturated rings. The monoisotopic (exact) mass is 705 g/mol. The molecule has 4 heterocycles. The predicted octanol–water partition coefficient (Wildman–Crippen LogP) is 6.27. The van der Waals surface area contributed by atoms with Crippen LogP contribution < -0.4 is 15.9 Å². The van der Waals surface area contributed by atoms with Crippen molar-refractivity contribution in [1.29, 1.82) is 0 Å². The number of thioether (sulfide) groups is 1. The number of hydrogen-bond acceptors (Lipinski definition) is 9. The van der Waals surface area contributed by atoms with Gasteiger partial charge in [-0.05, 0) is 73.9 Å². The summed E-state index contributed by atoms with van der Waals surface area (Å²) in [5.41, 5.74) is 8.51. The quantitative estimate of drug-likeness (QED) is 0.0639. The van der Waals surface area contributed by atoms with Crippen molar-refractivity contribution in [1.82, 2.24) is 30.0 Å².